The van der Waals surface area contributed by atoms with E-state index < -0.39 is 0 Å². The first-order valence-electron chi connectivity index (χ1n) is 3.78. The maximum Gasteiger partial charge on any atom is 0.176 e. The lowest BCUT2D eigenvalue weighted by molar-refractivity contribution is 0.0993. The van der Waals surface area contributed by atoms with Gasteiger partial charge in [-0.1, -0.05) is 11.6 Å². The van der Waals surface area contributed by atoms with Gasteiger partial charge in [0.25, 0.3) is 0 Å². The number of ketones is 1. The first-order valence-corrected chi connectivity index (χ1v) is 4.95. The van der Waals surface area contributed by atoms with Crippen molar-refractivity contribution in [1.29, 1.82) is 0 Å². The fraction of sp³-hybridized carbons (Fsp3) is 0.222. The Labute approximate surface area is 90.4 Å². The molecule has 0 amide bonds. The Hall–Kier alpha value is -0.380. The highest BCUT2D eigenvalue weighted by molar-refractivity contribution is 9.10. The highest BCUT2D eigenvalue weighted by Crippen LogP contribution is 2.23. The monoisotopic (exact) mass is 261 g/mol. The molecule has 0 bridgehead atoms. The Bertz CT molecular complexity index is 327. The van der Waals surface area contributed by atoms with E-state index in [0.717, 1.165) is 4.47 Å². The standard InChI is InChI=1S/C9H9BrClNO/c1-12-5-9(13)6-2-3-8(11)7(10)4-6/h2-4,12H,5H2,1H3. The second-order valence-electron chi connectivity index (χ2n) is 2.58. The van der Waals surface area contributed by atoms with Crippen molar-refractivity contribution >= 4 is 33.3 Å². The maximum absolute atomic E-state index is 11.4. The van der Waals surface area contributed by atoms with Crippen molar-refractivity contribution < 1.29 is 4.79 Å². The van der Waals surface area contributed by atoms with Gasteiger partial charge in [0.2, 0.25) is 0 Å². The van der Waals surface area contributed by atoms with E-state index in [0.29, 0.717) is 17.1 Å². The van der Waals surface area contributed by atoms with Crippen LogP contribution in [0.1, 0.15) is 10.4 Å². The summed E-state index contributed by atoms with van der Waals surface area (Å²) in [6, 6.07) is 5.14. The van der Waals surface area contributed by atoms with E-state index in [9.17, 15) is 4.79 Å². The van der Waals surface area contributed by atoms with Gasteiger partial charge in [-0.3, -0.25) is 4.79 Å². The molecule has 1 N–H and O–H groups in total. The molecule has 0 unspecified atom stereocenters. The molecule has 0 aliphatic heterocycles. The molecule has 70 valence electrons. The van der Waals surface area contributed by atoms with Gasteiger partial charge in [-0.25, -0.2) is 0 Å². The fourth-order valence-electron chi connectivity index (χ4n) is 0.932. The molecular formula is C9H9BrClNO. The summed E-state index contributed by atoms with van der Waals surface area (Å²) in [6.45, 7) is 0.341. The third kappa shape index (κ3) is 2.79. The number of hydrogen-bond donors (Lipinski definition) is 1. The minimum atomic E-state index is 0.0554. The second kappa shape index (κ2) is 4.74. The molecule has 0 aromatic heterocycles. The van der Waals surface area contributed by atoms with Gasteiger partial charge in [0.15, 0.2) is 5.78 Å². The molecule has 1 aromatic rings. The van der Waals surface area contributed by atoms with Crippen molar-refractivity contribution in [3.8, 4) is 0 Å². The van der Waals surface area contributed by atoms with Crippen LogP contribution in [0.2, 0.25) is 5.02 Å². The first kappa shape index (κ1) is 10.7. The Morgan fingerprint density at radius 1 is 1.62 bits per heavy atom. The number of Topliss-reactive ketones (excluding diaryl/α,β-unsaturated/α-hetero) is 1. The van der Waals surface area contributed by atoms with Gasteiger partial charge in [0, 0.05) is 10.0 Å². The van der Waals surface area contributed by atoms with E-state index >= 15 is 0 Å². The van der Waals surface area contributed by atoms with Crippen molar-refractivity contribution in [3.63, 3.8) is 0 Å². The van der Waals surface area contributed by atoms with Crippen LogP contribution in [0.3, 0.4) is 0 Å². The van der Waals surface area contributed by atoms with Crippen LogP contribution in [0.5, 0.6) is 0 Å². The molecule has 0 atom stereocenters. The smallest absolute Gasteiger partial charge is 0.176 e. The van der Waals surface area contributed by atoms with Crippen LogP contribution in [0, 0.1) is 0 Å². The normalized spacial score (nSPS) is 10.1. The number of nitrogens with one attached hydrogen (secondary N) is 1. The van der Waals surface area contributed by atoms with E-state index in [1.807, 2.05) is 0 Å². The molecule has 0 spiro atoms. The van der Waals surface area contributed by atoms with Gasteiger partial charge in [-0.2, -0.15) is 0 Å². The topological polar surface area (TPSA) is 29.1 Å². The Morgan fingerprint density at radius 3 is 2.85 bits per heavy atom. The molecule has 0 aliphatic carbocycles. The summed E-state index contributed by atoms with van der Waals surface area (Å²) in [7, 11) is 1.74. The number of carbonyl (C=O) groups excluding carboxylic acids is 1. The lowest BCUT2D eigenvalue weighted by Gasteiger charge is -2.01. The molecule has 1 rings (SSSR count). The Kier molecular flexibility index (Phi) is 3.90. The molecule has 2 nitrogen and oxygen atoms in total. The average molecular weight is 263 g/mol. The van der Waals surface area contributed by atoms with E-state index in [1.54, 1.807) is 25.2 Å². The van der Waals surface area contributed by atoms with Crippen molar-refractivity contribution in [2.75, 3.05) is 13.6 Å². The average Bonchev–Trinajstić information content (AvgIpc) is 2.10. The van der Waals surface area contributed by atoms with Crippen LogP contribution in [0.15, 0.2) is 22.7 Å². The first-order chi connectivity index (χ1) is 6.15. The van der Waals surface area contributed by atoms with Gasteiger partial charge >= 0.3 is 0 Å². The Balaban J connectivity index is 2.90. The molecule has 0 fully saturated rings. The largest absolute Gasteiger partial charge is 0.313 e. The van der Waals surface area contributed by atoms with Crippen molar-refractivity contribution in [2.45, 2.75) is 0 Å². The summed E-state index contributed by atoms with van der Waals surface area (Å²) in [5.41, 5.74) is 0.658. The van der Waals surface area contributed by atoms with Gasteiger partial charge in [-0.15, -0.1) is 0 Å². The summed E-state index contributed by atoms with van der Waals surface area (Å²) >= 11 is 9.05. The van der Waals surface area contributed by atoms with Crippen LogP contribution in [-0.2, 0) is 0 Å². The van der Waals surface area contributed by atoms with Crippen molar-refractivity contribution in [3.05, 3.63) is 33.3 Å². The van der Waals surface area contributed by atoms with Gasteiger partial charge in [0.05, 0.1) is 11.6 Å². The zero-order valence-corrected chi connectivity index (χ0v) is 9.45. The van der Waals surface area contributed by atoms with Crippen LogP contribution in [-0.4, -0.2) is 19.4 Å². The number of rotatable bonds is 3. The summed E-state index contributed by atoms with van der Waals surface area (Å²) in [5.74, 6) is 0.0554. The molecule has 1 aromatic carbocycles. The van der Waals surface area contributed by atoms with Crippen LogP contribution < -0.4 is 5.32 Å². The fourth-order valence-corrected chi connectivity index (χ4v) is 1.43. The van der Waals surface area contributed by atoms with Gasteiger partial charge < -0.3 is 5.32 Å². The zero-order chi connectivity index (χ0) is 9.84. The third-order valence-electron chi connectivity index (χ3n) is 1.58. The predicted molar refractivity (Wildman–Crippen MR) is 57.4 cm³/mol. The summed E-state index contributed by atoms with van der Waals surface area (Å²) < 4.78 is 0.746. The van der Waals surface area contributed by atoms with Gasteiger partial charge in [0.1, 0.15) is 0 Å². The molecule has 0 heterocycles. The van der Waals surface area contributed by atoms with Crippen LogP contribution >= 0.6 is 27.5 Å². The minimum absolute atomic E-state index is 0.0554. The molecule has 0 saturated heterocycles. The van der Waals surface area contributed by atoms with E-state index in [4.69, 9.17) is 11.6 Å². The highest BCUT2D eigenvalue weighted by atomic mass is 79.9. The predicted octanol–water partition coefficient (Wildman–Crippen LogP) is 2.50. The summed E-state index contributed by atoms with van der Waals surface area (Å²) in [5, 5.41) is 3.41. The number of likely N-dealkylation sites (N-methyl/N-ethyl adjacent to an activating group) is 1. The molecular weight excluding hydrogens is 253 g/mol. The quantitative estimate of drug-likeness (QED) is 0.848. The van der Waals surface area contributed by atoms with Crippen LogP contribution in [0.4, 0.5) is 0 Å². The lowest BCUT2D eigenvalue weighted by Crippen LogP contribution is -2.18. The lowest BCUT2D eigenvalue weighted by atomic mass is 10.1. The molecule has 13 heavy (non-hydrogen) atoms. The molecule has 0 saturated carbocycles. The molecule has 0 radical (unpaired) electrons. The zero-order valence-electron chi connectivity index (χ0n) is 7.10. The van der Waals surface area contributed by atoms with Crippen LogP contribution in [0.25, 0.3) is 0 Å². The Morgan fingerprint density at radius 2 is 2.31 bits per heavy atom. The van der Waals surface area contributed by atoms with E-state index in [-0.39, 0.29) is 5.78 Å². The van der Waals surface area contributed by atoms with E-state index in [2.05, 4.69) is 21.2 Å². The van der Waals surface area contributed by atoms with Crippen molar-refractivity contribution in [1.82, 2.24) is 5.32 Å². The van der Waals surface area contributed by atoms with Crippen molar-refractivity contribution in [2.24, 2.45) is 0 Å². The van der Waals surface area contributed by atoms with E-state index in [1.165, 1.54) is 0 Å². The SMILES string of the molecule is CNCC(=O)c1ccc(Cl)c(Br)c1. The maximum atomic E-state index is 11.4. The van der Waals surface area contributed by atoms with Gasteiger partial charge in [-0.05, 0) is 41.2 Å². The number of halogens is 2. The molecule has 4 heteroatoms. The number of carbonyl (C=O) groups is 1. The second-order valence-corrected chi connectivity index (χ2v) is 3.84. The highest BCUT2D eigenvalue weighted by Gasteiger charge is 2.06. The third-order valence-corrected chi connectivity index (χ3v) is 2.79. The molecule has 0 aliphatic rings. The number of benzene rings is 1. The summed E-state index contributed by atoms with van der Waals surface area (Å²) in [4.78, 5) is 11.4. The number of hydrogen-bond acceptors (Lipinski definition) is 2. The minimum Gasteiger partial charge on any atom is -0.313 e. The summed E-state index contributed by atoms with van der Waals surface area (Å²) in [6.07, 6.45) is 0.